The highest BCUT2D eigenvalue weighted by Crippen LogP contribution is 2.36. The zero-order chi connectivity index (χ0) is 6.86. The van der Waals surface area contributed by atoms with Gasteiger partial charge in [0.2, 0.25) is 0 Å². The van der Waals surface area contributed by atoms with Gasteiger partial charge in [0, 0.05) is 12.0 Å². The minimum Gasteiger partial charge on any atom is -0.301 e. The first-order valence-corrected chi connectivity index (χ1v) is 4.99. The Balaban J connectivity index is 1.98. The third-order valence-electron chi connectivity index (χ3n) is 2.48. The van der Waals surface area contributed by atoms with Crippen LogP contribution in [0.3, 0.4) is 0 Å². The molecule has 2 rings (SSSR count). The summed E-state index contributed by atoms with van der Waals surface area (Å²) in [4.78, 5) is 5.18. The monoisotopic (exact) mass is 159 g/mol. The van der Waals surface area contributed by atoms with E-state index < -0.39 is 0 Å². The van der Waals surface area contributed by atoms with E-state index in [9.17, 15) is 0 Å². The van der Waals surface area contributed by atoms with Gasteiger partial charge in [0.25, 0.3) is 0 Å². The number of hydroxylamine groups is 1. The first-order valence-electron chi connectivity index (χ1n) is 3.84. The third kappa shape index (κ3) is 1.18. The summed E-state index contributed by atoms with van der Waals surface area (Å²) < 4.78 is 0. The average molecular weight is 159 g/mol. The number of hydrogen-bond acceptors (Lipinski definition) is 3. The summed E-state index contributed by atoms with van der Waals surface area (Å²) in [6.45, 7) is 2.02. The Morgan fingerprint density at radius 2 is 2.10 bits per heavy atom. The second-order valence-corrected chi connectivity index (χ2v) is 4.45. The Labute approximate surface area is 65.7 Å². The summed E-state index contributed by atoms with van der Waals surface area (Å²) in [5.41, 5.74) is 3.49. The van der Waals surface area contributed by atoms with Crippen molar-refractivity contribution >= 4 is 11.8 Å². The first kappa shape index (κ1) is 6.95. The van der Waals surface area contributed by atoms with Crippen LogP contribution in [0.15, 0.2) is 0 Å². The van der Waals surface area contributed by atoms with Crippen LogP contribution >= 0.6 is 11.8 Å². The van der Waals surface area contributed by atoms with E-state index in [-0.39, 0.29) is 0 Å². The number of thioether (sulfide) groups is 1. The second-order valence-electron chi connectivity index (χ2n) is 3.22. The summed E-state index contributed by atoms with van der Waals surface area (Å²) in [6.07, 6.45) is 2.68. The lowest BCUT2D eigenvalue weighted by atomic mass is 9.84. The Kier molecular flexibility index (Phi) is 1.89. The van der Waals surface area contributed by atoms with Crippen LogP contribution in [0, 0.1) is 5.41 Å². The predicted molar refractivity (Wildman–Crippen MR) is 42.9 cm³/mol. The molecule has 58 valence electrons. The minimum absolute atomic E-state index is 0.519. The summed E-state index contributed by atoms with van der Waals surface area (Å²) in [5.74, 6) is 2.65. The fourth-order valence-corrected chi connectivity index (χ4v) is 2.94. The maximum absolute atomic E-state index is 5.18. The van der Waals surface area contributed by atoms with Crippen LogP contribution in [-0.4, -0.2) is 24.7 Å². The molecule has 2 saturated heterocycles. The molecule has 0 aromatic heterocycles. The molecule has 0 unspecified atom stereocenters. The molecule has 0 atom stereocenters. The fraction of sp³-hybridized carbons (Fsp3) is 1.00. The molecule has 0 aliphatic carbocycles. The third-order valence-corrected chi connectivity index (χ3v) is 3.47. The van der Waals surface area contributed by atoms with Crippen LogP contribution in [0.5, 0.6) is 0 Å². The molecule has 2 heterocycles. The van der Waals surface area contributed by atoms with Crippen molar-refractivity contribution in [3.8, 4) is 0 Å². The molecular weight excluding hydrogens is 146 g/mol. The number of hydrogen-bond donors (Lipinski definition) is 1. The van der Waals surface area contributed by atoms with Gasteiger partial charge in [-0.3, -0.25) is 0 Å². The van der Waals surface area contributed by atoms with Gasteiger partial charge >= 0.3 is 0 Å². The van der Waals surface area contributed by atoms with Crippen molar-refractivity contribution in [1.82, 2.24) is 5.48 Å². The van der Waals surface area contributed by atoms with Gasteiger partial charge in [-0.25, -0.2) is 5.48 Å². The zero-order valence-corrected chi connectivity index (χ0v) is 6.88. The first-order chi connectivity index (χ1) is 4.91. The standard InChI is InChI=1S/C7H13NOS/c1-3-10-4-2-7(1)5-8-9-6-7/h8H,1-6H2. The molecule has 0 radical (unpaired) electrons. The molecule has 10 heavy (non-hydrogen) atoms. The highest BCUT2D eigenvalue weighted by Gasteiger charge is 2.36. The summed E-state index contributed by atoms with van der Waals surface area (Å²) in [7, 11) is 0. The smallest absolute Gasteiger partial charge is 0.0752 e. The molecule has 3 heteroatoms. The van der Waals surface area contributed by atoms with Crippen LogP contribution in [0.1, 0.15) is 12.8 Å². The Bertz CT molecular complexity index is 115. The topological polar surface area (TPSA) is 21.3 Å². The van der Waals surface area contributed by atoms with Crippen LogP contribution < -0.4 is 5.48 Å². The van der Waals surface area contributed by atoms with Gasteiger partial charge < -0.3 is 4.84 Å². The van der Waals surface area contributed by atoms with Gasteiger partial charge in [0.15, 0.2) is 0 Å². The normalized spacial score (nSPS) is 31.2. The van der Waals surface area contributed by atoms with E-state index in [1.165, 1.54) is 24.3 Å². The SMILES string of the molecule is C1CC2(CCS1)CNOC2. The quantitative estimate of drug-likeness (QED) is 0.570. The molecule has 2 aliphatic rings. The van der Waals surface area contributed by atoms with Gasteiger partial charge in [0.05, 0.1) is 6.61 Å². The Morgan fingerprint density at radius 1 is 1.30 bits per heavy atom. The maximum atomic E-state index is 5.18. The van der Waals surface area contributed by atoms with Gasteiger partial charge in [-0.2, -0.15) is 11.8 Å². The van der Waals surface area contributed by atoms with E-state index in [1.807, 2.05) is 0 Å². The van der Waals surface area contributed by atoms with Crippen molar-refractivity contribution in [3.63, 3.8) is 0 Å². The van der Waals surface area contributed by atoms with Crippen molar-refractivity contribution in [1.29, 1.82) is 0 Å². The second kappa shape index (κ2) is 2.72. The summed E-state index contributed by atoms with van der Waals surface area (Å²) in [6, 6.07) is 0. The number of nitrogens with one attached hydrogen (secondary N) is 1. The van der Waals surface area contributed by atoms with E-state index in [2.05, 4.69) is 17.2 Å². The summed E-state index contributed by atoms with van der Waals surface area (Å²) >= 11 is 2.07. The molecule has 2 fully saturated rings. The van der Waals surface area contributed by atoms with Gasteiger partial charge in [-0.1, -0.05) is 0 Å². The largest absolute Gasteiger partial charge is 0.301 e. The van der Waals surface area contributed by atoms with Crippen molar-refractivity contribution in [2.75, 3.05) is 24.7 Å². The van der Waals surface area contributed by atoms with E-state index in [1.54, 1.807) is 0 Å². The van der Waals surface area contributed by atoms with E-state index in [0.717, 1.165) is 13.2 Å². The van der Waals surface area contributed by atoms with Crippen LogP contribution in [-0.2, 0) is 4.84 Å². The summed E-state index contributed by atoms with van der Waals surface area (Å²) in [5, 5.41) is 0. The van der Waals surface area contributed by atoms with Crippen LogP contribution in [0.4, 0.5) is 0 Å². The predicted octanol–water partition coefficient (Wildman–Crippen LogP) is 1.03. The lowest BCUT2D eigenvalue weighted by Gasteiger charge is -2.29. The molecule has 1 N–H and O–H groups in total. The van der Waals surface area contributed by atoms with E-state index in [4.69, 9.17) is 4.84 Å². The zero-order valence-electron chi connectivity index (χ0n) is 6.06. The molecule has 0 saturated carbocycles. The van der Waals surface area contributed by atoms with Crippen molar-refractivity contribution < 1.29 is 4.84 Å². The van der Waals surface area contributed by atoms with E-state index in [0.29, 0.717) is 5.41 Å². The fourth-order valence-electron chi connectivity index (χ4n) is 1.58. The maximum Gasteiger partial charge on any atom is 0.0752 e. The van der Waals surface area contributed by atoms with Crippen LogP contribution in [0.25, 0.3) is 0 Å². The lowest BCUT2D eigenvalue weighted by molar-refractivity contribution is 0.0822. The lowest BCUT2D eigenvalue weighted by Crippen LogP contribution is -2.30. The van der Waals surface area contributed by atoms with Crippen molar-refractivity contribution in [2.24, 2.45) is 5.41 Å². The van der Waals surface area contributed by atoms with Gasteiger partial charge in [0.1, 0.15) is 0 Å². The minimum atomic E-state index is 0.519. The molecule has 1 spiro atoms. The highest BCUT2D eigenvalue weighted by atomic mass is 32.2. The molecule has 0 aromatic carbocycles. The molecule has 0 amide bonds. The molecule has 0 aromatic rings. The van der Waals surface area contributed by atoms with E-state index >= 15 is 0 Å². The highest BCUT2D eigenvalue weighted by molar-refractivity contribution is 7.99. The average Bonchev–Trinajstić information content (AvgIpc) is 2.39. The van der Waals surface area contributed by atoms with Crippen molar-refractivity contribution in [3.05, 3.63) is 0 Å². The Morgan fingerprint density at radius 3 is 2.70 bits per heavy atom. The molecule has 0 bridgehead atoms. The molecule has 2 aliphatic heterocycles. The molecule has 2 nitrogen and oxygen atoms in total. The van der Waals surface area contributed by atoms with Gasteiger partial charge in [-0.15, -0.1) is 0 Å². The van der Waals surface area contributed by atoms with Crippen molar-refractivity contribution in [2.45, 2.75) is 12.8 Å². The van der Waals surface area contributed by atoms with Crippen LogP contribution in [0.2, 0.25) is 0 Å². The number of rotatable bonds is 0. The van der Waals surface area contributed by atoms with Gasteiger partial charge in [-0.05, 0) is 24.3 Å². The Hall–Kier alpha value is 0.270. The molecular formula is C7H13NOS.